The average molecular weight is 426 g/mol. The van der Waals surface area contributed by atoms with Crippen molar-refractivity contribution < 1.29 is 19.0 Å². The Kier molecular flexibility index (Phi) is 4.51. The molecule has 3 aliphatic carbocycles. The van der Waals surface area contributed by atoms with Gasteiger partial charge in [-0.2, -0.15) is 0 Å². The van der Waals surface area contributed by atoms with Crippen LogP contribution in [0.5, 0.6) is 0 Å². The number of ketones is 1. The van der Waals surface area contributed by atoms with E-state index in [0.29, 0.717) is 30.7 Å². The highest BCUT2D eigenvalue weighted by Gasteiger charge is 2.83. The fraction of sp³-hybridized carbons (Fsp3) is 0.731. The number of piperidine rings is 1. The van der Waals surface area contributed by atoms with Crippen molar-refractivity contribution in [2.45, 2.75) is 74.4 Å². The minimum atomic E-state index is -0.822. The summed E-state index contributed by atoms with van der Waals surface area (Å²) in [5, 5.41) is 0. The summed E-state index contributed by atoms with van der Waals surface area (Å²) in [6.45, 7) is 0.997. The van der Waals surface area contributed by atoms with E-state index in [-0.39, 0.29) is 29.0 Å². The number of methoxy groups -OCH3 is 2. The number of likely N-dealkylation sites (N-methyl/N-ethyl adjacent to an activating group) is 1. The molecule has 2 heterocycles. The molecule has 31 heavy (non-hydrogen) atoms. The van der Waals surface area contributed by atoms with Gasteiger partial charge in [0.05, 0.1) is 17.8 Å². The van der Waals surface area contributed by atoms with Crippen molar-refractivity contribution in [1.29, 1.82) is 0 Å². The van der Waals surface area contributed by atoms with Gasteiger partial charge in [-0.25, -0.2) is 0 Å². The molecule has 0 radical (unpaired) electrons. The van der Waals surface area contributed by atoms with Crippen LogP contribution in [0.15, 0.2) is 30.3 Å². The second kappa shape index (κ2) is 6.86. The fourth-order valence-electron chi connectivity index (χ4n) is 9.01. The number of ether oxygens (including phenoxy) is 3. The monoisotopic (exact) mass is 425 g/mol. The van der Waals surface area contributed by atoms with E-state index >= 15 is 0 Å². The van der Waals surface area contributed by atoms with E-state index in [0.717, 1.165) is 38.6 Å². The Balaban J connectivity index is 1.60. The second-order valence-corrected chi connectivity index (χ2v) is 10.7. The molecule has 0 N–H and O–H groups in total. The normalized spacial score (nSPS) is 48.5. The molecule has 5 aliphatic rings. The first-order chi connectivity index (χ1) is 15.0. The summed E-state index contributed by atoms with van der Waals surface area (Å²) in [5.41, 5.74) is -0.268. The van der Waals surface area contributed by atoms with Crippen LogP contribution in [0.1, 0.15) is 44.1 Å². The topological polar surface area (TPSA) is 48.0 Å². The molecular weight excluding hydrogens is 390 g/mol. The Bertz CT molecular complexity index is 875. The Morgan fingerprint density at radius 1 is 1.16 bits per heavy atom. The van der Waals surface area contributed by atoms with Gasteiger partial charge in [0.1, 0.15) is 5.60 Å². The van der Waals surface area contributed by atoms with E-state index < -0.39 is 5.60 Å². The number of hydrogen-bond acceptors (Lipinski definition) is 5. The van der Waals surface area contributed by atoms with E-state index in [1.807, 2.05) is 20.3 Å². The molecule has 2 aliphatic heterocycles. The largest absolute Gasteiger partial charge is 0.379 e. The first-order valence-electron chi connectivity index (χ1n) is 12.1. The second-order valence-electron chi connectivity index (χ2n) is 10.7. The number of nitrogens with zero attached hydrogens (tertiary/aromatic N) is 1. The van der Waals surface area contributed by atoms with E-state index in [9.17, 15) is 4.79 Å². The van der Waals surface area contributed by atoms with Crippen LogP contribution >= 0.6 is 0 Å². The zero-order valence-electron chi connectivity index (χ0n) is 19.0. The number of carbonyl (C=O) groups excluding carboxylic acids is 1. The molecule has 168 valence electrons. The molecule has 5 heteroatoms. The summed E-state index contributed by atoms with van der Waals surface area (Å²) in [5.74, 6) is 1.18. The van der Waals surface area contributed by atoms with Gasteiger partial charge in [-0.3, -0.25) is 4.79 Å². The smallest absolute Gasteiger partial charge is 0.165 e. The highest BCUT2D eigenvalue weighted by atomic mass is 16.6. The predicted octanol–water partition coefficient (Wildman–Crippen LogP) is 3.25. The van der Waals surface area contributed by atoms with Crippen molar-refractivity contribution >= 4 is 5.78 Å². The summed E-state index contributed by atoms with van der Waals surface area (Å²) in [7, 11) is 5.95. The Hall–Kier alpha value is -1.27. The third-order valence-corrected chi connectivity index (χ3v) is 10.0. The van der Waals surface area contributed by atoms with Crippen molar-refractivity contribution in [2.24, 2.45) is 17.3 Å². The number of Topliss-reactive ketones (excluding diaryl/α,β-unsaturated/α-hetero) is 1. The van der Waals surface area contributed by atoms with Crippen LogP contribution in [0.2, 0.25) is 0 Å². The third-order valence-electron chi connectivity index (χ3n) is 10.0. The minimum absolute atomic E-state index is 0.0200. The number of rotatable bonds is 4. The molecule has 5 nitrogen and oxygen atoms in total. The molecule has 2 saturated heterocycles. The first kappa shape index (κ1) is 20.3. The SMILES string of the molecule is COC1CCC2CC3N(C)CC[C@]45C2C1O[C@@]4(Cc1ccccc1)C(=O)CC[C@@]35OC. The molecule has 3 saturated carbocycles. The molecule has 5 unspecified atom stereocenters. The summed E-state index contributed by atoms with van der Waals surface area (Å²) in [6.07, 6.45) is 6.31. The van der Waals surface area contributed by atoms with Crippen molar-refractivity contribution in [3.8, 4) is 0 Å². The molecule has 0 aromatic heterocycles. The van der Waals surface area contributed by atoms with Gasteiger partial charge in [0, 0.05) is 44.4 Å². The molecule has 8 atom stereocenters. The van der Waals surface area contributed by atoms with Crippen LogP contribution in [-0.2, 0) is 25.4 Å². The number of likely N-dealkylation sites (tertiary alicyclic amines) is 1. The van der Waals surface area contributed by atoms with E-state index in [4.69, 9.17) is 14.2 Å². The Morgan fingerprint density at radius 2 is 1.97 bits per heavy atom. The van der Waals surface area contributed by atoms with Crippen LogP contribution < -0.4 is 0 Å². The van der Waals surface area contributed by atoms with Gasteiger partial charge in [0.2, 0.25) is 0 Å². The van der Waals surface area contributed by atoms with Crippen LogP contribution in [0.4, 0.5) is 0 Å². The highest BCUT2D eigenvalue weighted by Crippen LogP contribution is 2.74. The van der Waals surface area contributed by atoms with Gasteiger partial charge in [-0.05, 0) is 57.2 Å². The van der Waals surface area contributed by atoms with Gasteiger partial charge in [0.15, 0.2) is 5.78 Å². The van der Waals surface area contributed by atoms with Crippen molar-refractivity contribution in [2.75, 3.05) is 27.8 Å². The third kappa shape index (κ3) is 2.29. The zero-order chi connectivity index (χ0) is 21.4. The number of hydrogen-bond donors (Lipinski definition) is 0. The van der Waals surface area contributed by atoms with Gasteiger partial charge in [-0.1, -0.05) is 30.3 Å². The quantitative estimate of drug-likeness (QED) is 0.741. The Morgan fingerprint density at radius 3 is 2.71 bits per heavy atom. The molecule has 1 aromatic carbocycles. The van der Waals surface area contributed by atoms with E-state index in [1.165, 1.54) is 5.56 Å². The van der Waals surface area contributed by atoms with Gasteiger partial charge in [-0.15, -0.1) is 0 Å². The summed E-state index contributed by atoms with van der Waals surface area (Å²) < 4.78 is 19.7. The lowest BCUT2D eigenvalue weighted by molar-refractivity contribution is -0.278. The molecule has 1 aromatic rings. The standard InChI is InChI=1S/C26H35NO4/c1-27-14-13-24-22-18-9-10-19(29-2)23(22)31-26(24,16-17-7-5-4-6-8-17)21(28)11-12-25(24,30-3)20(27)15-18/h4-8,18-20,22-23H,9-16H2,1-3H3/t18?,19?,20?,22?,23?,24-,25-,26+/m1/s1. The van der Waals surface area contributed by atoms with Crippen LogP contribution in [0, 0.1) is 17.3 Å². The van der Waals surface area contributed by atoms with Crippen LogP contribution in [-0.4, -0.2) is 67.9 Å². The minimum Gasteiger partial charge on any atom is -0.379 e. The molecule has 5 fully saturated rings. The van der Waals surface area contributed by atoms with Crippen LogP contribution in [0.25, 0.3) is 0 Å². The lowest BCUT2D eigenvalue weighted by atomic mass is 9.39. The van der Waals surface area contributed by atoms with Gasteiger partial charge >= 0.3 is 0 Å². The molecule has 1 spiro atoms. The number of carbonyl (C=O) groups is 1. The zero-order valence-corrected chi connectivity index (χ0v) is 19.0. The lowest BCUT2D eigenvalue weighted by Crippen LogP contribution is -2.80. The first-order valence-corrected chi connectivity index (χ1v) is 12.1. The fourth-order valence-corrected chi connectivity index (χ4v) is 9.01. The average Bonchev–Trinajstić information content (AvgIpc) is 3.09. The molecule has 2 bridgehead atoms. The highest BCUT2D eigenvalue weighted by molar-refractivity contribution is 5.91. The Labute approximate surface area is 185 Å². The van der Waals surface area contributed by atoms with E-state index in [1.54, 1.807) is 0 Å². The maximum atomic E-state index is 14.0. The molecular formula is C26H35NO4. The summed E-state index contributed by atoms with van der Waals surface area (Å²) >= 11 is 0. The van der Waals surface area contributed by atoms with Crippen molar-refractivity contribution in [1.82, 2.24) is 4.90 Å². The maximum Gasteiger partial charge on any atom is 0.165 e. The number of benzene rings is 1. The molecule has 0 amide bonds. The predicted molar refractivity (Wildman–Crippen MR) is 117 cm³/mol. The van der Waals surface area contributed by atoms with Crippen molar-refractivity contribution in [3.05, 3.63) is 35.9 Å². The van der Waals surface area contributed by atoms with Gasteiger partial charge in [0.25, 0.3) is 0 Å². The summed E-state index contributed by atoms with van der Waals surface area (Å²) in [6, 6.07) is 10.8. The maximum absolute atomic E-state index is 14.0. The van der Waals surface area contributed by atoms with Crippen LogP contribution in [0.3, 0.4) is 0 Å². The van der Waals surface area contributed by atoms with Gasteiger partial charge < -0.3 is 19.1 Å². The molecule has 6 rings (SSSR count). The summed E-state index contributed by atoms with van der Waals surface area (Å²) in [4.78, 5) is 16.5. The lowest BCUT2D eigenvalue weighted by Gasteiger charge is -2.70. The van der Waals surface area contributed by atoms with E-state index in [2.05, 4.69) is 36.2 Å². The van der Waals surface area contributed by atoms with Crippen molar-refractivity contribution in [3.63, 3.8) is 0 Å².